The predicted molar refractivity (Wildman–Crippen MR) is 111 cm³/mol. The van der Waals surface area contributed by atoms with Crippen LogP contribution in [0.5, 0.6) is 5.75 Å². The van der Waals surface area contributed by atoms with Crippen molar-refractivity contribution in [3.05, 3.63) is 114 Å². The van der Waals surface area contributed by atoms with Gasteiger partial charge in [-0.25, -0.2) is 4.79 Å². The molecule has 4 aromatic carbocycles. The molecule has 1 N–H and O–H groups in total. The zero-order chi connectivity index (χ0) is 20.2. The van der Waals surface area contributed by atoms with Gasteiger partial charge < -0.3 is 9.84 Å². The van der Waals surface area contributed by atoms with Crippen molar-refractivity contribution >= 4 is 22.5 Å². The van der Waals surface area contributed by atoms with Crippen LogP contribution in [0, 0.1) is 0 Å². The number of aromatic carboxylic acids is 1. The summed E-state index contributed by atoms with van der Waals surface area (Å²) in [6.07, 6.45) is -0.888. The molecule has 0 aliphatic carbocycles. The van der Waals surface area contributed by atoms with Gasteiger partial charge in [0.25, 0.3) is 0 Å². The summed E-state index contributed by atoms with van der Waals surface area (Å²) in [5.74, 6) is -0.644. The fraction of sp³-hybridized carbons (Fsp3) is 0.0400. The molecule has 0 bridgehead atoms. The lowest BCUT2D eigenvalue weighted by Gasteiger charge is -2.19. The molecule has 0 aliphatic heterocycles. The summed E-state index contributed by atoms with van der Waals surface area (Å²) in [6.45, 7) is 0. The highest BCUT2D eigenvalue weighted by Crippen LogP contribution is 2.27. The van der Waals surface area contributed by atoms with Crippen molar-refractivity contribution in [1.82, 2.24) is 0 Å². The average Bonchev–Trinajstić information content (AvgIpc) is 2.77. The first-order chi connectivity index (χ1) is 14.1. The number of carboxylic acids is 1. The molecule has 4 rings (SSSR count). The fourth-order valence-electron chi connectivity index (χ4n) is 3.20. The summed E-state index contributed by atoms with van der Waals surface area (Å²) < 4.78 is 6.03. The zero-order valence-corrected chi connectivity index (χ0v) is 15.5. The van der Waals surface area contributed by atoms with Crippen LogP contribution in [0.25, 0.3) is 10.8 Å². The number of ether oxygens (including phenoxy) is 1. The second-order valence-corrected chi connectivity index (χ2v) is 6.66. The van der Waals surface area contributed by atoms with Crippen LogP contribution in [-0.2, 0) is 0 Å². The summed E-state index contributed by atoms with van der Waals surface area (Å²) in [5, 5.41) is 11.2. The lowest BCUT2D eigenvalue weighted by atomic mass is 9.97. The number of benzene rings is 4. The number of hydrogen-bond donors (Lipinski definition) is 1. The van der Waals surface area contributed by atoms with Crippen LogP contribution in [0.2, 0.25) is 0 Å². The summed E-state index contributed by atoms with van der Waals surface area (Å²) in [7, 11) is 0. The molecule has 0 amide bonds. The third-order valence-electron chi connectivity index (χ3n) is 4.73. The minimum atomic E-state index is -1.02. The number of Topliss-reactive ketones (excluding diaryl/α,β-unsaturated/α-hetero) is 1. The molecule has 0 saturated heterocycles. The Labute approximate surface area is 168 Å². The molecule has 4 aromatic rings. The Morgan fingerprint density at radius 3 is 2.00 bits per heavy atom. The normalized spacial score (nSPS) is 11.7. The topological polar surface area (TPSA) is 63.6 Å². The number of carbonyl (C=O) groups is 2. The minimum Gasteiger partial charge on any atom is -0.478 e. The Hall–Kier alpha value is -3.92. The minimum absolute atomic E-state index is 0.158. The lowest BCUT2D eigenvalue weighted by Crippen LogP contribution is -2.19. The van der Waals surface area contributed by atoms with Crippen LogP contribution >= 0.6 is 0 Å². The van der Waals surface area contributed by atoms with Crippen molar-refractivity contribution in [3.63, 3.8) is 0 Å². The summed E-state index contributed by atoms with van der Waals surface area (Å²) in [6, 6.07) is 28.7. The first-order valence-corrected chi connectivity index (χ1v) is 9.20. The maximum Gasteiger partial charge on any atom is 0.335 e. The molecule has 0 aliphatic rings. The van der Waals surface area contributed by atoms with Crippen molar-refractivity contribution in [3.8, 4) is 5.75 Å². The quantitative estimate of drug-likeness (QED) is 0.445. The van der Waals surface area contributed by atoms with Gasteiger partial charge in [0, 0.05) is 11.1 Å². The highest BCUT2D eigenvalue weighted by molar-refractivity contribution is 6.03. The van der Waals surface area contributed by atoms with Crippen LogP contribution < -0.4 is 4.74 Å². The van der Waals surface area contributed by atoms with Gasteiger partial charge in [0.15, 0.2) is 6.10 Å². The van der Waals surface area contributed by atoms with E-state index in [0.29, 0.717) is 16.9 Å². The van der Waals surface area contributed by atoms with E-state index in [1.807, 2.05) is 54.6 Å². The molecule has 29 heavy (non-hydrogen) atoms. The van der Waals surface area contributed by atoms with Gasteiger partial charge >= 0.3 is 5.97 Å². The van der Waals surface area contributed by atoms with Crippen molar-refractivity contribution in [2.24, 2.45) is 0 Å². The van der Waals surface area contributed by atoms with Gasteiger partial charge in [-0.05, 0) is 41.1 Å². The first kappa shape index (κ1) is 18.4. The molecule has 0 aromatic heterocycles. The van der Waals surface area contributed by atoms with Gasteiger partial charge in [-0.1, -0.05) is 66.7 Å². The number of hydrogen-bond acceptors (Lipinski definition) is 3. The summed E-state index contributed by atoms with van der Waals surface area (Å²) in [5.41, 5.74) is 1.29. The number of para-hydroxylation sites is 1. The first-order valence-electron chi connectivity index (χ1n) is 9.20. The number of carbonyl (C=O) groups excluding carboxylic acids is 1. The second-order valence-electron chi connectivity index (χ2n) is 6.66. The number of ketones is 1. The molecule has 1 unspecified atom stereocenters. The third-order valence-corrected chi connectivity index (χ3v) is 4.73. The van der Waals surface area contributed by atoms with Crippen molar-refractivity contribution in [1.29, 1.82) is 0 Å². The smallest absolute Gasteiger partial charge is 0.335 e. The predicted octanol–water partition coefficient (Wildman–Crippen LogP) is 5.54. The maximum absolute atomic E-state index is 13.4. The summed E-state index contributed by atoms with van der Waals surface area (Å²) in [4.78, 5) is 24.5. The second kappa shape index (κ2) is 7.98. The van der Waals surface area contributed by atoms with E-state index in [1.54, 1.807) is 30.3 Å². The highest BCUT2D eigenvalue weighted by Gasteiger charge is 2.25. The van der Waals surface area contributed by atoms with Crippen LogP contribution in [0.4, 0.5) is 0 Å². The Morgan fingerprint density at radius 2 is 1.31 bits per heavy atom. The molecular formula is C25H18O4. The standard InChI is InChI=1S/C25H18O4/c26-23(21-15-10-17-6-4-5-7-20(17)16-21)24(29-22-8-2-1-3-9-22)18-11-13-19(14-12-18)25(27)28/h1-16,24H,(H,27,28). The molecule has 4 nitrogen and oxygen atoms in total. The molecular weight excluding hydrogens is 364 g/mol. The van der Waals surface area contributed by atoms with Crippen LogP contribution in [0.1, 0.15) is 32.4 Å². The summed E-state index contributed by atoms with van der Waals surface area (Å²) >= 11 is 0. The van der Waals surface area contributed by atoms with Crippen LogP contribution in [0.15, 0.2) is 97.1 Å². The number of carboxylic acid groups (broad SMARTS) is 1. The molecule has 142 valence electrons. The average molecular weight is 382 g/mol. The molecule has 0 spiro atoms. The van der Waals surface area contributed by atoms with E-state index in [2.05, 4.69) is 0 Å². The number of rotatable bonds is 6. The van der Waals surface area contributed by atoms with Gasteiger partial charge in [0.1, 0.15) is 5.75 Å². The van der Waals surface area contributed by atoms with Crippen LogP contribution in [0.3, 0.4) is 0 Å². The lowest BCUT2D eigenvalue weighted by molar-refractivity contribution is 0.0696. The Kier molecular flexibility index (Phi) is 5.08. The van der Waals surface area contributed by atoms with Crippen molar-refractivity contribution in [2.45, 2.75) is 6.10 Å². The molecule has 0 saturated carbocycles. The molecule has 0 heterocycles. The van der Waals surface area contributed by atoms with Crippen LogP contribution in [-0.4, -0.2) is 16.9 Å². The third kappa shape index (κ3) is 4.01. The molecule has 4 heteroatoms. The SMILES string of the molecule is O=C(O)c1ccc(C(Oc2ccccc2)C(=O)c2ccc3ccccc3c2)cc1. The fourth-order valence-corrected chi connectivity index (χ4v) is 3.20. The maximum atomic E-state index is 13.4. The van der Waals surface area contributed by atoms with Crippen molar-refractivity contribution in [2.75, 3.05) is 0 Å². The van der Waals surface area contributed by atoms with Gasteiger partial charge in [0.05, 0.1) is 5.56 Å². The van der Waals surface area contributed by atoms with E-state index in [9.17, 15) is 9.59 Å². The van der Waals surface area contributed by atoms with E-state index < -0.39 is 12.1 Å². The Bertz CT molecular complexity index is 1160. The van der Waals surface area contributed by atoms with Crippen molar-refractivity contribution < 1.29 is 19.4 Å². The Balaban J connectivity index is 1.73. The van der Waals surface area contributed by atoms with E-state index >= 15 is 0 Å². The van der Waals surface area contributed by atoms with Gasteiger partial charge in [-0.3, -0.25) is 4.79 Å². The monoisotopic (exact) mass is 382 g/mol. The molecule has 0 fully saturated rings. The van der Waals surface area contributed by atoms with E-state index in [0.717, 1.165) is 10.8 Å². The van der Waals surface area contributed by atoms with Gasteiger partial charge in [-0.15, -0.1) is 0 Å². The largest absolute Gasteiger partial charge is 0.478 e. The number of fused-ring (bicyclic) bond motifs is 1. The van der Waals surface area contributed by atoms with Gasteiger partial charge in [-0.2, -0.15) is 0 Å². The van der Waals surface area contributed by atoms with E-state index in [1.165, 1.54) is 12.1 Å². The molecule has 1 atom stereocenters. The van der Waals surface area contributed by atoms with Gasteiger partial charge in [0.2, 0.25) is 5.78 Å². The van der Waals surface area contributed by atoms with E-state index in [-0.39, 0.29) is 11.3 Å². The zero-order valence-electron chi connectivity index (χ0n) is 15.5. The Morgan fingerprint density at radius 1 is 0.690 bits per heavy atom. The van der Waals surface area contributed by atoms with E-state index in [4.69, 9.17) is 9.84 Å². The molecule has 0 radical (unpaired) electrons. The highest BCUT2D eigenvalue weighted by atomic mass is 16.5.